The van der Waals surface area contributed by atoms with Crippen molar-refractivity contribution in [3.8, 4) is 0 Å². The van der Waals surface area contributed by atoms with Crippen molar-refractivity contribution in [2.75, 3.05) is 12.4 Å². The quantitative estimate of drug-likeness (QED) is 0.893. The molecule has 1 fully saturated rings. The van der Waals surface area contributed by atoms with Crippen LogP contribution in [-0.2, 0) is 4.74 Å². The van der Waals surface area contributed by atoms with Gasteiger partial charge in [0.05, 0.1) is 6.10 Å². The normalized spacial score (nSPS) is 23.0. The van der Waals surface area contributed by atoms with Crippen LogP contribution in [0.4, 0.5) is 5.82 Å². The molecule has 0 bridgehead atoms. The molecule has 1 aliphatic carbocycles. The van der Waals surface area contributed by atoms with Crippen molar-refractivity contribution in [1.29, 1.82) is 0 Å². The second-order valence-corrected chi connectivity index (χ2v) is 5.28. The average Bonchev–Trinajstić information content (AvgIpc) is 2.79. The van der Waals surface area contributed by atoms with E-state index in [1.165, 1.54) is 0 Å². The van der Waals surface area contributed by atoms with Crippen LogP contribution in [0.5, 0.6) is 0 Å². The number of rotatable bonds is 4. The zero-order valence-corrected chi connectivity index (χ0v) is 11.6. The Morgan fingerprint density at radius 1 is 1.61 bits per heavy atom. The molecular weight excluding hydrogens is 300 g/mol. The van der Waals surface area contributed by atoms with Gasteiger partial charge in [-0.25, -0.2) is 9.78 Å². The number of hydrogen-bond acceptors (Lipinski definition) is 4. The number of aromatic carboxylic acids is 1. The lowest BCUT2D eigenvalue weighted by atomic mass is 10.2. The van der Waals surface area contributed by atoms with Gasteiger partial charge in [-0.05, 0) is 41.3 Å². The molecule has 2 unspecified atom stereocenters. The number of ether oxygens (including phenoxy) is 1. The van der Waals surface area contributed by atoms with E-state index in [4.69, 9.17) is 9.84 Å². The molecule has 0 amide bonds. The summed E-state index contributed by atoms with van der Waals surface area (Å²) in [7, 11) is 1.70. The van der Waals surface area contributed by atoms with Crippen LogP contribution in [0, 0.1) is 0 Å². The Balaban J connectivity index is 2.12. The summed E-state index contributed by atoms with van der Waals surface area (Å²) in [6, 6.07) is 1.78. The van der Waals surface area contributed by atoms with Crippen molar-refractivity contribution in [1.82, 2.24) is 4.98 Å². The molecule has 0 aliphatic heterocycles. The van der Waals surface area contributed by atoms with E-state index in [2.05, 4.69) is 26.2 Å². The fourth-order valence-corrected chi connectivity index (χ4v) is 2.53. The Hall–Kier alpha value is -1.14. The molecule has 1 heterocycles. The fourth-order valence-electron chi connectivity index (χ4n) is 2.20. The molecule has 1 aromatic heterocycles. The highest BCUT2D eigenvalue weighted by Crippen LogP contribution is 2.26. The van der Waals surface area contributed by atoms with Gasteiger partial charge in [0.15, 0.2) is 0 Å². The second-order valence-electron chi connectivity index (χ2n) is 4.37. The highest BCUT2D eigenvalue weighted by molar-refractivity contribution is 9.10. The Morgan fingerprint density at radius 2 is 2.39 bits per heavy atom. The van der Waals surface area contributed by atoms with Gasteiger partial charge < -0.3 is 15.2 Å². The summed E-state index contributed by atoms with van der Waals surface area (Å²) in [5.41, 5.74) is 0.185. The summed E-state index contributed by atoms with van der Waals surface area (Å²) in [5.74, 6) is -0.556. The molecule has 18 heavy (non-hydrogen) atoms. The Bertz CT molecular complexity index is 453. The molecule has 2 rings (SSSR count). The van der Waals surface area contributed by atoms with Gasteiger partial charge >= 0.3 is 5.97 Å². The van der Waals surface area contributed by atoms with Crippen LogP contribution in [-0.4, -0.2) is 35.3 Å². The van der Waals surface area contributed by atoms with Crippen LogP contribution >= 0.6 is 15.9 Å². The first-order chi connectivity index (χ1) is 8.60. The number of nitrogens with zero attached hydrogens (tertiary/aromatic N) is 1. The monoisotopic (exact) mass is 314 g/mol. The SMILES string of the molecule is COC1CCC(Nc2ncc(Br)cc2C(=O)O)C1. The van der Waals surface area contributed by atoms with Crippen molar-refractivity contribution in [3.63, 3.8) is 0 Å². The third-order valence-corrected chi connectivity index (χ3v) is 3.58. The minimum atomic E-state index is -0.979. The van der Waals surface area contributed by atoms with Crippen molar-refractivity contribution in [2.45, 2.75) is 31.4 Å². The molecule has 1 saturated carbocycles. The van der Waals surface area contributed by atoms with Crippen molar-refractivity contribution < 1.29 is 14.6 Å². The lowest BCUT2D eigenvalue weighted by Gasteiger charge is -2.15. The zero-order chi connectivity index (χ0) is 13.1. The smallest absolute Gasteiger partial charge is 0.339 e. The molecule has 1 aliphatic rings. The molecule has 0 aromatic carbocycles. The number of carboxylic acid groups (broad SMARTS) is 1. The van der Waals surface area contributed by atoms with E-state index < -0.39 is 5.97 Å². The van der Waals surface area contributed by atoms with Crippen LogP contribution in [0.2, 0.25) is 0 Å². The predicted octanol–water partition coefficient (Wildman–Crippen LogP) is 2.52. The van der Waals surface area contributed by atoms with Crippen LogP contribution in [0.3, 0.4) is 0 Å². The maximum absolute atomic E-state index is 11.1. The summed E-state index contributed by atoms with van der Waals surface area (Å²) >= 11 is 3.22. The number of halogens is 1. The first-order valence-electron chi connectivity index (χ1n) is 5.78. The molecule has 0 saturated heterocycles. The Morgan fingerprint density at radius 3 is 3.00 bits per heavy atom. The number of aromatic nitrogens is 1. The molecule has 2 atom stereocenters. The third kappa shape index (κ3) is 3.00. The van der Waals surface area contributed by atoms with Crippen molar-refractivity contribution in [3.05, 3.63) is 22.3 Å². The van der Waals surface area contributed by atoms with E-state index in [1.54, 1.807) is 19.4 Å². The van der Waals surface area contributed by atoms with Gasteiger partial charge in [0.25, 0.3) is 0 Å². The Labute approximate surface area is 114 Å². The zero-order valence-electron chi connectivity index (χ0n) is 10.0. The minimum absolute atomic E-state index is 0.185. The molecule has 1 aromatic rings. The number of carbonyl (C=O) groups is 1. The number of pyridine rings is 1. The van der Waals surface area contributed by atoms with Crippen LogP contribution < -0.4 is 5.32 Å². The number of anilines is 1. The van der Waals surface area contributed by atoms with Gasteiger partial charge in [0, 0.05) is 23.8 Å². The highest BCUT2D eigenvalue weighted by atomic mass is 79.9. The average molecular weight is 315 g/mol. The summed E-state index contributed by atoms with van der Waals surface area (Å²) in [5, 5.41) is 12.3. The van der Waals surface area contributed by atoms with Gasteiger partial charge in [-0.2, -0.15) is 0 Å². The molecular formula is C12H15BrN2O3. The van der Waals surface area contributed by atoms with Crippen molar-refractivity contribution >= 4 is 27.7 Å². The maximum Gasteiger partial charge on any atom is 0.339 e. The summed E-state index contributed by atoms with van der Waals surface area (Å²) in [6.07, 6.45) is 4.69. The van der Waals surface area contributed by atoms with E-state index in [9.17, 15) is 4.79 Å². The largest absolute Gasteiger partial charge is 0.478 e. The second kappa shape index (κ2) is 5.67. The van der Waals surface area contributed by atoms with E-state index in [-0.39, 0.29) is 17.7 Å². The maximum atomic E-state index is 11.1. The highest BCUT2D eigenvalue weighted by Gasteiger charge is 2.25. The van der Waals surface area contributed by atoms with Gasteiger partial charge in [0.1, 0.15) is 11.4 Å². The molecule has 0 radical (unpaired) electrons. The third-order valence-electron chi connectivity index (χ3n) is 3.14. The number of nitrogens with one attached hydrogen (secondary N) is 1. The van der Waals surface area contributed by atoms with Crippen molar-refractivity contribution in [2.24, 2.45) is 0 Å². The molecule has 6 heteroatoms. The number of carboxylic acids is 1. The summed E-state index contributed by atoms with van der Waals surface area (Å²) < 4.78 is 5.95. The number of hydrogen-bond donors (Lipinski definition) is 2. The van der Waals surface area contributed by atoms with Crippen LogP contribution in [0.25, 0.3) is 0 Å². The number of methoxy groups -OCH3 is 1. The summed E-state index contributed by atoms with van der Waals surface area (Å²) in [4.78, 5) is 15.3. The minimum Gasteiger partial charge on any atom is -0.478 e. The van der Waals surface area contributed by atoms with Crippen LogP contribution in [0.1, 0.15) is 29.6 Å². The van der Waals surface area contributed by atoms with E-state index >= 15 is 0 Å². The molecule has 2 N–H and O–H groups in total. The Kier molecular flexibility index (Phi) is 4.19. The van der Waals surface area contributed by atoms with E-state index in [1.807, 2.05) is 0 Å². The molecule has 5 nitrogen and oxygen atoms in total. The van der Waals surface area contributed by atoms with Gasteiger partial charge in [0.2, 0.25) is 0 Å². The summed E-state index contributed by atoms with van der Waals surface area (Å²) in [6.45, 7) is 0. The first kappa shape index (κ1) is 13.3. The van der Waals surface area contributed by atoms with E-state index in [0.29, 0.717) is 10.3 Å². The standard InChI is InChI=1S/C12H15BrN2O3/c1-18-9-3-2-8(5-9)15-11-10(12(16)17)4-7(13)6-14-11/h4,6,8-9H,2-3,5H2,1H3,(H,14,15)(H,16,17). The van der Waals surface area contributed by atoms with Gasteiger partial charge in [-0.3, -0.25) is 0 Å². The van der Waals surface area contributed by atoms with Crippen LogP contribution in [0.15, 0.2) is 16.7 Å². The predicted molar refractivity (Wildman–Crippen MR) is 71.0 cm³/mol. The lowest BCUT2D eigenvalue weighted by Crippen LogP contribution is -2.20. The topological polar surface area (TPSA) is 71.5 Å². The van der Waals surface area contributed by atoms with E-state index in [0.717, 1.165) is 19.3 Å². The lowest BCUT2D eigenvalue weighted by molar-refractivity contribution is 0.0697. The fraction of sp³-hybridized carbons (Fsp3) is 0.500. The molecule has 0 spiro atoms. The molecule has 98 valence electrons. The first-order valence-corrected chi connectivity index (χ1v) is 6.57. The van der Waals surface area contributed by atoms with Gasteiger partial charge in [-0.1, -0.05) is 0 Å². The van der Waals surface area contributed by atoms with Gasteiger partial charge in [-0.15, -0.1) is 0 Å².